The van der Waals surface area contributed by atoms with Crippen molar-refractivity contribution in [3.63, 3.8) is 0 Å². The van der Waals surface area contributed by atoms with Gasteiger partial charge in [-0.1, -0.05) is 46.9 Å². The van der Waals surface area contributed by atoms with Gasteiger partial charge in [-0.3, -0.25) is 4.79 Å². The van der Waals surface area contributed by atoms with E-state index in [1.807, 2.05) is 24.3 Å². The van der Waals surface area contributed by atoms with Gasteiger partial charge in [-0.25, -0.2) is 0 Å². The summed E-state index contributed by atoms with van der Waals surface area (Å²) in [6, 6.07) is 12.5. The third-order valence-electron chi connectivity index (χ3n) is 3.97. The summed E-state index contributed by atoms with van der Waals surface area (Å²) in [5.41, 5.74) is 1.71. The monoisotopic (exact) mass is 481 g/mol. The number of fused-ring (bicyclic) bond motifs is 1. The van der Waals surface area contributed by atoms with Gasteiger partial charge in [-0.2, -0.15) is 0 Å². The molecule has 0 unspecified atom stereocenters. The van der Waals surface area contributed by atoms with Crippen LogP contribution in [0.25, 0.3) is 10.9 Å². The van der Waals surface area contributed by atoms with Crippen molar-refractivity contribution in [3.8, 4) is 0 Å². The first-order valence-corrected chi connectivity index (χ1v) is 9.38. The largest absolute Gasteiger partial charge is 0.371 e. The number of aromatic nitrogens is 1. The van der Waals surface area contributed by atoms with E-state index in [0.717, 1.165) is 36.4 Å². The average molecular weight is 484 g/mol. The molecule has 0 aliphatic heterocycles. The van der Waals surface area contributed by atoms with E-state index < -0.39 is 0 Å². The molecule has 0 bridgehead atoms. The molecule has 0 radical (unpaired) electrons. The number of hydrogen-bond donors (Lipinski definition) is 3. The number of rotatable bonds is 7. The number of aromatic amines is 1. The Morgan fingerprint density at radius 3 is 2.50 bits per heavy atom. The lowest BCUT2D eigenvalue weighted by Gasteiger charge is -2.10. The zero-order valence-corrected chi connectivity index (χ0v) is 18.6. The van der Waals surface area contributed by atoms with Crippen LogP contribution in [0, 0.1) is 0 Å². The number of benzene rings is 2. The molecule has 0 aliphatic rings. The molecule has 0 amide bonds. The zero-order chi connectivity index (χ0) is 18.5. The molecule has 0 atom stereocenters. The molecular formula is C19H20Cl5N3O. The van der Waals surface area contributed by atoms with Crippen LogP contribution < -0.4 is 16.1 Å². The van der Waals surface area contributed by atoms with Crippen molar-refractivity contribution in [3.05, 3.63) is 73.3 Å². The Morgan fingerprint density at radius 1 is 0.964 bits per heavy atom. The average Bonchev–Trinajstić information content (AvgIpc) is 2.62. The Kier molecular flexibility index (Phi) is 10.5. The smallest absolute Gasteiger partial charge is 0.191 e. The van der Waals surface area contributed by atoms with Crippen molar-refractivity contribution in [1.82, 2.24) is 10.3 Å². The third kappa shape index (κ3) is 6.45. The normalized spacial score (nSPS) is 10.2. The maximum Gasteiger partial charge on any atom is 0.191 e. The van der Waals surface area contributed by atoms with Gasteiger partial charge >= 0.3 is 0 Å². The molecule has 3 rings (SSSR count). The zero-order valence-electron chi connectivity index (χ0n) is 14.7. The van der Waals surface area contributed by atoms with Crippen LogP contribution in [0.2, 0.25) is 15.1 Å². The number of para-hydroxylation sites is 1. The molecule has 28 heavy (non-hydrogen) atoms. The van der Waals surface area contributed by atoms with Gasteiger partial charge in [-0.15, -0.1) is 24.8 Å². The first kappa shape index (κ1) is 24.9. The molecule has 0 saturated carbocycles. The summed E-state index contributed by atoms with van der Waals surface area (Å²) in [6.07, 6.45) is 0.876. The fourth-order valence-electron chi connectivity index (χ4n) is 2.69. The summed E-state index contributed by atoms with van der Waals surface area (Å²) < 4.78 is 0. The number of H-pyrrole nitrogens is 1. The van der Waals surface area contributed by atoms with Gasteiger partial charge in [0.25, 0.3) is 0 Å². The molecule has 1 aromatic heterocycles. The summed E-state index contributed by atoms with van der Waals surface area (Å²) in [4.78, 5) is 15.3. The predicted molar refractivity (Wildman–Crippen MR) is 125 cm³/mol. The molecule has 3 N–H and O–H groups in total. The second-order valence-electron chi connectivity index (χ2n) is 5.91. The SMILES string of the molecule is Cl.Cl.O=c1cc(NCCCNCc2cc(Cl)cc(Cl)c2Cl)[nH]c2ccccc12. The van der Waals surface area contributed by atoms with Crippen LogP contribution in [-0.4, -0.2) is 18.1 Å². The first-order valence-electron chi connectivity index (χ1n) is 8.24. The van der Waals surface area contributed by atoms with Crippen LogP contribution in [0.15, 0.2) is 47.3 Å². The summed E-state index contributed by atoms with van der Waals surface area (Å²) in [5, 5.41) is 8.79. The van der Waals surface area contributed by atoms with Crippen LogP contribution in [0.5, 0.6) is 0 Å². The van der Waals surface area contributed by atoms with Crippen LogP contribution in [0.4, 0.5) is 5.82 Å². The number of hydrogen-bond acceptors (Lipinski definition) is 3. The number of anilines is 1. The highest BCUT2D eigenvalue weighted by Gasteiger charge is 2.06. The van der Waals surface area contributed by atoms with Gasteiger partial charge < -0.3 is 15.6 Å². The van der Waals surface area contributed by atoms with E-state index in [0.29, 0.717) is 27.0 Å². The summed E-state index contributed by atoms with van der Waals surface area (Å²) >= 11 is 18.2. The number of halogens is 5. The maximum atomic E-state index is 12.1. The summed E-state index contributed by atoms with van der Waals surface area (Å²) in [5.74, 6) is 0.721. The minimum absolute atomic E-state index is 0. The molecule has 4 nitrogen and oxygen atoms in total. The molecule has 2 aromatic carbocycles. The van der Waals surface area contributed by atoms with Gasteiger partial charge in [0.2, 0.25) is 0 Å². The lowest BCUT2D eigenvalue weighted by molar-refractivity contribution is 0.663. The van der Waals surface area contributed by atoms with Crippen molar-refractivity contribution >= 4 is 76.3 Å². The fraction of sp³-hybridized carbons (Fsp3) is 0.211. The second kappa shape index (κ2) is 11.8. The quantitative estimate of drug-likeness (QED) is 0.289. The van der Waals surface area contributed by atoms with Crippen LogP contribution in [-0.2, 0) is 6.54 Å². The van der Waals surface area contributed by atoms with E-state index in [1.165, 1.54) is 0 Å². The van der Waals surface area contributed by atoms with Crippen molar-refractivity contribution < 1.29 is 0 Å². The predicted octanol–water partition coefficient (Wildman–Crippen LogP) is 5.92. The van der Waals surface area contributed by atoms with Gasteiger partial charge in [0.15, 0.2) is 5.43 Å². The van der Waals surface area contributed by atoms with E-state index in [4.69, 9.17) is 34.8 Å². The molecule has 1 heterocycles. The number of pyridine rings is 1. The van der Waals surface area contributed by atoms with Gasteiger partial charge in [0.1, 0.15) is 5.82 Å². The Balaban J connectivity index is 0.00000196. The fourth-order valence-corrected chi connectivity index (χ4v) is 3.40. The van der Waals surface area contributed by atoms with E-state index >= 15 is 0 Å². The molecule has 9 heteroatoms. The molecular weight excluding hydrogens is 463 g/mol. The van der Waals surface area contributed by atoms with Crippen LogP contribution >= 0.6 is 59.6 Å². The van der Waals surface area contributed by atoms with E-state index in [1.54, 1.807) is 18.2 Å². The topological polar surface area (TPSA) is 56.9 Å². The Hall–Kier alpha value is -1.14. The maximum absolute atomic E-state index is 12.1. The second-order valence-corrected chi connectivity index (χ2v) is 7.13. The molecule has 0 saturated heterocycles. The Bertz CT molecular complexity index is 977. The van der Waals surface area contributed by atoms with Gasteiger partial charge in [0, 0.05) is 29.6 Å². The van der Waals surface area contributed by atoms with Crippen molar-refractivity contribution in [1.29, 1.82) is 0 Å². The van der Waals surface area contributed by atoms with Gasteiger partial charge in [-0.05, 0) is 42.8 Å². The molecule has 152 valence electrons. The molecule has 0 spiro atoms. The highest BCUT2D eigenvalue weighted by molar-refractivity contribution is 6.43. The highest BCUT2D eigenvalue weighted by Crippen LogP contribution is 2.29. The van der Waals surface area contributed by atoms with Crippen molar-refractivity contribution in [2.45, 2.75) is 13.0 Å². The standard InChI is InChI=1S/C19H18Cl3N3O.2ClH/c20-13-8-12(19(22)15(21)9-13)11-23-6-3-7-24-18-10-17(26)14-4-1-2-5-16(14)25-18;;/h1-2,4-5,8-10,23H,3,6-7,11H2,(H2,24,25,26);2*1H. The van der Waals surface area contributed by atoms with E-state index in [2.05, 4.69) is 15.6 Å². The van der Waals surface area contributed by atoms with E-state index in [9.17, 15) is 4.79 Å². The third-order valence-corrected chi connectivity index (χ3v) is 5.03. The minimum atomic E-state index is 0. The molecule has 0 fully saturated rings. The molecule has 3 aromatic rings. The van der Waals surface area contributed by atoms with E-state index in [-0.39, 0.29) is 30.2 Å². The van der Waals surface area contributed by atoms with Crippen molar-refractivity contribution in [2.75, 3.05) is 18.4 Å². The Morgan fingerprint density at radius 2 is 1.71 bits per heavy atom. The first-order chi connectivity index (χ1) is 12.5. The number of nitrogens with one attached hydrogen (secondary N) is 3. The van der Waals surface area contributed by atoms with Crippen molar-refractivity contribution in [2.24, 2.45) is 0 Å². The molecule has 0 aliphatic carbocycles. The minimum Gasteiger partial charge on any atom is -0.371 e. The summed E-state index contributed by atoms with van der Waals surface area (Å²) in [6.45, 7) is 2.10. The van der Waals surface area contributed by atoms with Gasteiger partial charge in [0.05, 0.1) is 15.6 Å². The van der Waals surface area contributed by atoms with Crippen LogP contribution in [0.1, 0.15) is 12.0 Å². The highest BCUT2D eigenvalue weighted by atomic mass is 35.5. The Labute approximate surface area is 190 Å². The lowest BCUT2D eigenvalue weighted by Crippen LogP contribution is -2.18. The van der Waals surface area contributed by atoms with Crippen LogP contribution in [0.3, 0.4) is 0 Å². The summed E-state index contributed by atoms with van der Waals surface area (Å²) in [7, 11) is 0. The lowest BCUT2D eigenvalue weighted by atomic mass is 10.2.